The number of imide groups is 2. The van der Waals surface area contributed by atoms with Crippen molar-refractivity contribution in [3.63, 3.8) is 0 Å². The van der Waals surface area contributed by atoms with Crippen LogP contribution in [0.2, 0.25) is 0 Å². The second-order valence-electron chi connectivity index (χ2n) is 10.5. The third-order valence-corrected chi connectivity index (χ3v) is 7.99. The van der Waals surface area contributed by atoms with Gasteiger partial charge < -0.3 is 38.6 Å². The summed E-state index contributed by atoms with van der Waals surface area (Å²) in [7, 11) is 0. The van der Waals surface area contributed by atoms with Crippen LogP contribution < -0.4 is 5.32 Å². The zero-order valence-electron chi connectivity index (χ0n) is 27.6. The van der Waals surface area contributed by atoms with E-state index in [2.05, 4.69) is 5.32 Å². The summed E-state index contributed by atoms with van der Waals surface area (Å²) in [4.78, 5) is 88.5. The first-order chi connectivity index (χ1) is 23.1. The molecule has 0 aromatic rings. The summed E-state index contributed by atoms with van der Waals surface area (Å²) < 4.78 is 32.2. The molecule has 2 saturated heterocycles. The van der Waals surface area contributed by atoms with E-state index < -0.39 is 29.1 Å². The highest BCUT2D eigenvalue weighted by molar-refractivity contribution is 8.00. The summed E-state index contributed by atoms with van der Waals surface area (Å²) in [6, 6.07) is 0. The van der Waals surface area contributed by atoms with Gasteiger partial charge in [0, 0.05) is 44.5 Å². The van der Waals surface area contributed by atoms with Gasteiger partial charge in [0.25, 0.3) is 11.8 Å². The highest BCUT2D eigenvalue weighted by Crippen LogP contribution is 2.25. The van der Waals surface area contributed by atoms with Crippen LogP contribution in [0.4, 0.5) is 0 Å². The van der Waals surface area contributed by atoms with Crippen molar-refractivity contribution in [2.24, 2.45) is 0 Å². The molecule has 5 amide bonds. The van der Waals surface area contributed by atoms with Gasteiger partial charge >= 0.3 is 5.97 Å². The van der Waals surface area contributed by atoms with Gasteiger partial charge in [0.05, 0.1) is 84.3 Å². The van der Waals surface area contributed by atoms with E-state index >= 15 is 0 Å². The fraction of sp³-hybridized carbons (Fsp3) is 0.767. The SMILES string of the molecule is CC(=O)[C@H](C)OCCOCCSC1CC(=O)N(CCC(=O)NCCOCCOCCOCCOCCC(=O)ON2C(=O)CCC2=O)C1=O. The summed E-state index contributed by atoms with van der Waals surface area (Å²) in [5, 5.41) is 2.70. The summed E-state index contributed by atoms with van der Waals surface area (Å²) in [5.41, 5.74) is 0. The van der Waals surface area contributed by atoms with E-state index in [-0.39, 0.29) is 95.1 Å². The molecule has 0 aromatic heterocycles. The molecule has 1 N–H and O–H groups in total. The Morgan fingerprint density at radius 2 is 1.33 bits per heavy atom. The van der Waals surface area contributed by atoms with Crippen LogP contribution in [0.25, 0.3) is 0 Å². The molecule has 0 radical (unpaired) electrons. The standard InChI is InChI=1S/C30H47N3O14S/c1-22(34)23(2)46-18-17-45-19-20-48-24-21-28(38)32(30(24)40)8-5-25(35)31-7-10-42-12-14-44-16-15-43-13-11-41-9-6-29(39)47-33-26(36)3-4-27(33)37/h23-24H,3-21H2,1-2H3,(H,31,35)/t23-,24?/m0/s1. The van der Waals surface area contributed by atoms with Crippen LogP contribution in [-0.2, 0) is 66.8 Å². The summed E-state index contributed by atoms with van der Waals surface area (Å²) in [5.74, 6) is -2.21. The number of rotatable bonds is 28. The number of amides is 5. The maximum absolute atomic E-state index is 12.6. The fourth-order valence-electron chi connectivity index (χ4n) is 4.06. The van der Waals surface area contributed by atoms with Crippen molar-refractivity contribution in [1.29, 1.82) is 0 Å². The lowest BCUT2D eigenvalue weighted by Crippen LogP contribution is -2.36. The fourth-order valence-corrected chi connectivity index (χ4v) is 5.09. The maximum Gasteiger partial charge on any atom is 0.335 e. The molecule has 272 valence electrons. The van der Waals surface area contributed by atoms with Crippen molar-refractivity contribution >= 4 is 53.1 Å². The summed E-state index contributed by atoms with van der Waals surface area (Å²) in [6.45, 7) is 6.60. The van der Waals surface area contributed by atoms with Gasteiger partial charge in [-0.3, -0.25) is 33.7 Å². The molecule has 2 atom stereocenters. The predicted molar refractivity (Wildman–Crippen MR) is 167 cm³/mol. The third kappa shape index (κ3) is 16.9. The Hall–Kier alpha value is -3.00. The zero-order chi connectivity index (χ0) is 35.1. The number of hydrogen-bond acceptors (Lipinski definition) is 15. The molecule has 2 aliphatic rings. The molecular weight excluding hydrogens is 658 g/mol. The molecule has 1 unspecified atom stereocenters. The molecule has 2 fully saturated rings. The second kappa shape index (κ2) is 24.2. The molecule has 18 heteroatoms. The average Bonchev–Trinajstić information content (AvgIpc) is 3.51. The van der Waals surface area contributed by atoms with Crippen molar-refractivity contribution in [2.45, 2.75) is 57.3 Å². The largest absolute Gasteiger partial charge is 0.378 e. The number of likely N-dealkylation sites (tertiary alicyclic amines) is 1. The Balaban J connectivity index is 1.35. The number of hydrogen-bond donors (Lipinski definition) is 1. The van der Waals surface area contributed by atoms with E-state index in [1.807, 2.05) is 0 Å². The van der Waals surface area contributed by atoms with Gasteiger partial charge in [-0.25, -0.2) is 4.79 Å². The molecule has 0 aromatic carbocycles. The number of carbonyl (C=O) groups is 7. The van der Waals surface area contributed by atoms with Gasteiger partial charge in [0.1, 0.15) is 6.10 Å². The van der Waals surface area contributed by atoms with Crippen molar-refractivity contribution in [2.75, 3.05) is 91.5 Å². The molecule has 48 heavy (non-hydrogen) atoms. The minimum atomic E-state index is -0.727. The van der Waals surface area contributed by atoms with Crippen LogP contribution in [0.1, 0.15) is 46.0 Å². The number of nitrogens with one attached hydrogen (secondary N) is 1. The van der Waals surface area contributed by atoms with Crippen molar-refractivity contribution in [3.05, 3.63) is 0 Å². The number of Topliss-reactive ketones (excluding diaryl/α,β-unsaturated/α-hetero) is 1. The molecule has 2 heterocycles. The van der Waals surface area contributed by atoms with Gasteiger partial charge in [0.15, 0.2) is 5.78 Å². The van der Waals surface area contributed by atoms with E-state index in [0.717, 1.165) is 4.90 Å². The number of hydroxylamine groups is 2. The first-order valence-corrected chi connectivity index (χ1v) is 16.9. The Morgan fingerprint density at radius 3 is 1.96 bits per heavy atom. The number of ketones is 1. The van der Waals surface area contributed by atoms with Gasteiger partial charge in [0.2, 0.25) is 17.7 Å². The highest BCUT2D eigenvalue weighted by atomic mass is 32.2. The zero-order valence-corrected chi connectivity index (χ0v) is 28.4. The van der Waals surface area contributed by atoms with E-state index in [4.69, 9.17) is 33.3 Å². The Bertz CT molecular complexity index is 1060. The van der Waals surface area contributed by atoms with Crippen LogP contribution in [0.5, 0.6) is 0 Å². The minimum Gasteiger partial charge on any atom is -0.378 e. The predicted octanol–water partition coefficient (Wildman–Crippen LogP) is -0.572. The lowest BCUT2D eigenvalue weighted by Gasteiger charge is -2.15. The Morgan fingerprint density at radius 1 is 0.771 bits per heavy atom. The molecular formula is C30H47N3O14S. The van der Waals surface area contributed by atoms with Crippen molar-refractivity contribution < 1.29 is 66.8 Å². The molecule has 2 aliphatic heterocycles. The van der Waals surface area contributed by atoms with E-state index in [0.29, 0.717) is 57.1 Å². The van der Waals surface area contributed by atoms with E-state index in [1.165, 1.54) is 18.7 Å². The first kappa shape index (κ1) is 41.2. The van der Waals surface area contributed by atoms with Gasteiger partial charge in [-0.05, 0) is 13.8 Å². The third-order valence-electron chi connectivity index (χ3n) is 6.81. The monoisotopic (exact) mass is 705 g/mol. The number of ether oxygens (including phenoxy) is 6. The Kier molecular flexibility index (Phi) is 20.7. The minimum absolute atomic E-state index is 0.000420. The second-order valence-corrected chi connectivity index (χ2v) is 11.8. The van der Waals surface area contributed by atoms with Crippen LogP contribution >= 0.6 is 11.8 Å². The molecule has 0 bridgehead atoms. The Labute approximate surface area is 283 Å². The normalized spacial score (nSPS) is 17.0. The topological polar surface area (TPSA) is 203 Å². The van der Waals surface area contributed by atoms with Crippen LogP contribution in [0.15, 0.2) is 0 Å². The van der Waals surface area contributed by atoms with Gasteiger partial charge in [-0.1, -0.05) is 0 Å². The van der Waals surface area contributed by atoms with Crippen molar-refractivity contribution in [1.82, 2.24) is 15.3 Å². The van der Waals surface area contributed by atoms with E-state index in [9.17, 15) is 33.6 Å². The first-order valence-electron chi connectivity index (χ1n) is 15.9. The van der Waals surface area contributed by atoms with Crippen LogP contribution in [0, 0.1) is 0 Å². The molecule has 0 aliphatic carbocycles. The van der Waals surface area contributed by atoms with Crippen molar-refractivity contribution in [3.8, 4) is 0 Å². The lowest BCUT2D eigenvalue weighted by molar-refractivity contribution is -0.198. The smallest absolute Gasteiger partial charge is 0.335 e. The highest BCUT2D eigenvalue weighted by Gasteiger charge is 2.38. The van der Waals surface area contributed by atoms with Crippen LogP contribution in [0.3, 0.4) is 0 Å². The number of thioether (sulfide) groups is 1. The van der Waals surface area contributed by atoms with Gasteiger partial charge in [-0.2, -0.15) is 0 Å². The molecule has 2 rings (SSSR count). The molecule has 0 spiro atoms. The van der Waals surface area contributed by atoms with Gasteiger partial charge in [-0.15, -0.1) is 16.8 Å². The quantitative estimate of drug-likeness (QED) is 0.0800. The van der Waals surface area contributed by atoms with Crippen LogP contribution in [-0.4, -0.2) is 154 Å². The van der Waals surface area contributed by atoms with E-state index in [1.54, 1.807) is 6.92 Å². The summed E-state index contributed by atoms with van der Waals surface area (Å²) >= 11 is 1.34. The number of nitrogens with zero attached hydrogens (tertiary/aromatic N) is 2. The average molecular weight is 706 g/mol. The molecule has 17 nitrogen and oxygen atoms in total. The maximum atomic E-state index is 12.6. The lowest BCUT2D eigenvalue weighted by atomic mass is 10.3. The summed E-state index contributed by atoms with van der Waals surface area (Å²) in [6.07, 6.45) is -0.403. The number of carbonyl (C=O) groups excluding carboxylic acids is 7. The molecule has 0 saturated carbocycles.